The van der Waals surface area contributed by atoms with Gasteiger partial charge in [-0.2, -0.15) is 0 Å². The standard InChI is InChI=1S/C25H36Cl2O2/c1-21-20-24(28-18-12-6-2-4-10-16-26)22-14-8-9-15-23(22)25(21)29-19-13-7-3-5-11-17-27/h8-9,14-15,20H,2-7,10-13,16-19H2,1H3. The Morgan fingerprint density at radius 1 is 0.655 bits per heavy atom. The Morgan fingerprint density at radius 2 is 1.17 bits per heavy atom. The van der Waals surface area contributed by atoms with Crippen molar-refractivity contribution in [1.82, 2.24) is 0 Å². The topological polar surface area (TPSA) is 18.5 Å². The van der Waals surface area contributed by atoms with Crippen LogP contribution in [0.3, 0.4) is 0 Å². The summed E-state index contributed by atoms with van der Waals surface area (Å²) < 4.78 is 12.3. The first kappa shape index (κ1) is 24.2. The van der Waals surface area contributed by atoms with Crippen molar-refractivity contribution in [3.8, 4) is 11.5 Å². The van der Waals surface area contributed by atoms with Crippen LogP contribution in [0.15, 0.2) is 30.3 Å². The summed E-state index contributed by atoms with van der Waals surface area (Å²) in [6, 6.07) is 10.5. The van der Waals surface area contributed by atoms with Crippen LogP contribution in [0.1, 0.15) is 69.8 Å². The van der Waals surface area contributed by atoms with Gasteiger partial charge in [-0.15, -0.1) is 23.2 Å². The molecule has 0 aliphatic carbocycles. The molecule has 0 saturated carbocycles. The Kier molecular flexibility index (Phi) is 12.3. The van der Waals surface area contributed by atoms with Crippen molar-refractivity contribution in [3.63, 3.8) is 0 Å². The van der Waals surface area contributed by atoms with Gasteiger partial charge in [0, 0.05) is 22.5 Å². The second-order valence-electron chi connectivity index (χ2n) is 7.68. The fourth-order valence-corrected chi connectivity index (χ4v) is 3.95. The van der Waals surface area contributed by atoms with Crippen molar-refractivity contribution in [1.29, 1.82) is 0 Å². The molecule has 0 N–H and O–H groups in total. The van der Waals surface area contributed by atoms with Crippen molar-refractivity contribution in [2.75, 3.05) is 25.0 Å². The number of rotatable bonds is 16. The zero-order chi connectivity index (χ0) is 20.7. The third kappa shape index (κ3) is 8.64. The van der Waals surface area contributed by atoms with Crippen molar-refractivity contribution in [2.45, 2.75) is 71.1 Å². The van der Waals surface area contributed by atoms with E-state index in [0.717, 1.165) is 78.5 Å². The normalized spacial score (nSPS) is 11.1. The number of aryl methyl sites for hydroxylation is 1. The Labute approximate surface area is 186 Å². The first-order chi connectivity index (χ1) is 14.3. The Bertz CT molecular complexity index is 703. The van der Waals surface area contributed by atoms with E-state index in [1.807, 2.05) is 0 Å². The molecule has 0 spiro atoms. The lowest BCUT2D eigenvalue weighted by molar-refractivity contribution is 0.300. The summed E-state index contributed by atoms with van der Waals surface area (Å²) in [5.41, 5.74) is 1.14. The fourth-order valence-electron chi connectivity index (χ4n) is 3.57. The Hall–Kier alpha value is -1.12. The molecule has 0 heterocycles. The van der Waals surface area contributed by atoms with Crippen LogP contribution in [0.25, 0.3) is 10.8 Å². The maximum atomic E-state index is 6.20. The first-order valence-electron chi connectivity index (χ1n) is 11.2. The maximum Gasteiger partial charge on any atom is 0.130 e. The first-order valence-corrected chi connectivity index (χ1v) is 12.2. The van der Waals surface area contributed by atoms with Crippen LogP contribution in [0.5, 0.6) is 11.5 Å². The molecular weight excluding hydrogens is 403 g/mol. The van der Waals surface area contributed by atoms with E-state index < -0.39 is 0 Å². The molecule has 29 heavy (non-hydrogen) atoms. The van der Waals surface area contributed by atoms with Crippen LogP contribution >= 0.6 is 23.2 Å². The molecular formula is C25H36Cl2O2. The maximum absolute atomic E-state index is 6.20. The van der Waals surface area contributed by atoms with E-state index >= 15 is 0 Å². The smallest absolute Gasteiger partial charge is 0.130 e. The average Bonchev–Trinajstić information content (AvgIpc) is 2.74. The van der Waals surface area contributed by atoms with Gasteiger partial charge in [-0.05, 0) is 44.2 Å². The molecule has 2 nitrogen and oxygen atoms in total. The summed E-state index contributed by atoms with van der Waals surface area (Å²) in [6.45, 7) is 3.63. The van der Waals surface area contributed by atoms with Gasteiger partial charge in [0.05, 0.1) is 13.2 Å². The predicted molar refractivity (Wildman–Crippen MR) is 127 cm³/mol. The van der Waals surface area contributed by atoms with Gasteiger partial charge in [0.2, 0.25) is 0 Å². The molecule has 0 aromatic heterocycles. The minimum absolute atomic E-state index is 0.757. The zero-order valence-corrected chi connectivity index (χ0v) is 19.4. The molecule has 0 unspecified atom stereocenters. The number of fused-ring (bicyclic) bond motifs is 1. The molecule has 162 valence electrons. The number of alkyl halides is 2. The number of benzene rings is 2. The minimum atomic E-state index is 0.757. The molecule has 0 saturated heterocycles. The highest BCUT2D eigenvalue weighted by Crippen LogP contribution is 2.36. The van der Waals surface area contributed by atoms with Crippen molar-refractivity contribution in [2.24, 2.45) is 0 Å². The number of halogens is 2. The van der Waals surface area contributed by atoms with Gasteiger partial charge in [-0.1, -0.05) is 62.8 Å². The summed E-state index contributed by atoms with van der Waals surface area (Å²) in [6.07, 6.45) is 11.7. The summed E-state index contributed by atoms with van der Waals surface area (Å²) in [7, 11) is 0. The molecule has 0 atom stereocenters. The molecule has 4 heteroatoms. The lowest BCUT2D eigenvalue weighted by Crippen LogP contribution is -2.02. The van der Waals surface area contributed by atoms with Crippen LogP contribution in [-0.4, -0.2) is 25.0 Å². The predicted octanol–water partition coefficient (Wildman–Crippen LogP) is 8.28. The van der Waals surface area contributed by atoms with Crippen LogP contribution in [0.4, 0.5) is 0 Å². The molecule has 0 amide bonds. The highest BCUT2D eigenvalue weighted by molar-refractivity contribution is 6.18. The highest BCUT2D eigenvalue weighted by Gasteiger charge is 2.11. The lowest BCUT2D eigenvalue weighted by Gasteiger charge is -2.16. The van der Waals surface area contributed by atoms with E-state index in [1.54, 1.807) is 0 Å². The largest absolute Gasteiger partial charge is 0.493 e. The summed E-state index contributed by atoms with van der Waals surface area (Å²) in [4.78, 5) is 0. The summed E-state index contributed by atoms with van der Waals surface area (Å²) in [5, 5.41) is 2.28. The van der Waals surface area contributed by atoms with Crippen LogP contribution in [-0.2, 0) is 0 Å². The number of hydrogen-bond acceptors (Lipinski definition) is 2. The average molecular weight is 439 g/mol. The van der Waals surface area contributed by atoms with E-state index in [4.69, 9.17) is 32.7 Å². The molecule has 0 aliphatic rings. The third-order valence-electron chi connectivity index (χ3n) is 5.20. The van der Waals surface area contributed by atoms with Gasteiger partial charge >= 0.3 is 0 Å². The number of ether oxygens (including phenoxy) is 2. The molecule has 2 aromatic carbocycles. The van der Waals surface area contributed by atoms with Gasteiger partial charge in [0.1, 0.15) is 11.5 Å². The molecule has 2 aromatic rings. The van der Waals surface area contributed by atoms with Gasteiger partial charge in [-0.25, -0.2) is 0 Å². The molecule has 2 rings (SSSR count). The van der Waals surface area contributed by atoms with Crippen LogP contribution in [0.2, 0.25) is 0 Å². The molecule has 0 bridgehead atoms. The highest BCUT2D eigenvalue weighted by atomic mass is 35.5. The molecule has 0 radical (unpaired) electrons. The van der Waals surface area contributed by atoms with E-state index in [-0.39, 0.29) is 0 Å². The Morgan fingerprint density at radius 3 is 1.79 bits per heavy atom. The van der Waals surface area contributed by atoms with E-state index in [0.29, 0.717) is 0 Å². The zero-order valence-electron chi connectivity index (χ0n) is 17.9. The fraction of sp³-hybridized carbons (Fsp3) is 0.600. The molecule has 0 fully saturated rings. The number of hydrogen-bond donors (Lipinski definition) is 0. The summed E-state index contributed by atoms with van der Waals surface area (Å²) >= 11 is 11.5. The van der Waals surface area contributed by atoms with Crippen LogP contribution in [0, 0.1) is 6.92 Å². The SMILES string of the molecule is Cc1cc(OCCCCCCCCl)c2ccccc2c1OCCCCCCCCl. The van der Waals surface area contributed by atoms with Gasteiger partial charge in [-0.3, -0.25) is 0 Å². The van der Waals surface area contributed by atoms with Crippen molar-refractivity contribution < 1.29 is 9.47 Å². The van der Waals surface area contributed by atoms with Crippen molar-refractivity contribution in [3.05, 3.63) is 35.9 Å². The van der Waals surface area contributed by atoms with E-state index in [2.05, 4.69) is 37.3 Å². The molecule has 0 aliphatic heterocycles. The van der Waals surface area contributed by atoms with Crippen molar-refractivity contribution >= 4 is 34.0 Å². The number of unbranched alkanes of at least 4 members (excludes halogenated alkanes) is 8. The lowest BCUT2D eigenvalue weighted by atomic mass is 10.0. The minimum Gasteiger partial charge on any atom is -0.493 e. The van der Waals surface area contributed by atoms with Gasteiger partial charge in [0.25, 0.3) is 0 Å². The van der Waals surface area contributed by atoms with Gasteiger partial charge < -0.3 is 9.47 Å². The second kappa shape index (κ2) is 14.8. The third-order valence-corrected chi connectivity index (χ3v) is 5.74. The summed E-state index contributed by atoms with van der Waals surface area (Å²) in [5.74, 6) is 3.50. The Balaban J connectivity index is 1.89. The van der Waals surface area contributed by atoms with Crippen LogP contribution < -0.4 is 9.47 Å². The van der Waals surface area contributed by atoms with E-state index in [1.165, 1.54) is 38.5 Å². The quantitative estimate of drug-likeness (QED) is 0.193. The van der Waals surface area contributed by atoms with E-state index in [9.17, 15) is 0 Å². The second-order valence-corrected chi connectivity index (χ2v) is 8.43. The monoisotopic (exact) mass is 438 g/mol. The van der Waals surface area contributed by atoms with Gasteiger partial charge in [0.15, 0.2) is 0 Å².